The molecule has 3 aromatic heterocycles. The van der Waals surface area contributed by atoms with Gasteiger partial charge in [-0.2, -0.15) is 0 Å². The largest absolute Gasteiger partial charge is 0.383 e. The third kappa shape index (κ3) is 3.87. The monoisotopic (exact) mass is 463 g/mol. The molecule has 2 amide bonds. The smallest absolute Gasteiger partial charge is 0.296 e. The van der Waals surface area contributed by atoms with Crippen LogP contribution in [0.4, 0.5) is 11.6 Å². The first-order chi connectivity index (χ1) is 17.0. The first-order valence-corrected chi connectivity index (χ1v) is 10.9. The Morgan fingerprint density at radius 2 is 1.94 bits per heavy atom. The standard InChI is InChI=1S/C26H21N7O2/c1-3-6-20(34)31-18-13-33-23(15(18)2)21(22-24(27)29-14-30-25(22)33)16-8-10-17(11-9-16)26(35)32-19-7-4-5-12-28-19/h4-5,7-12,14,18H,2,13H2,1H3,(H,31,34)(H2,27,29,30)(H,28,32,35)/t18-/m1/s1. The van der Waals surface area contributed by atoms with Gasteiger partial charge in [-0.15, -0.1) is 0 Å². The summed E-state index contributed by atoms with van der Waals surface area (Å²) in [7, 11) is 0. The number of carbonyl (C=O) groups is 2. The molecule has 172 valence electrons. The maximum Gasteiger partial charge on any atom is 0.296 e. The molecule has 0 saturated carbocycles. The molecular weight excluding hydrogens is 442 g/mol. The topological polar surface area (TPSA) is 128 Å². The lowest BCUT2D eigenvalue weighted by atomic mass is 9.97. The predicted molar refractivity (Wildman–Crippen MR) is 134 cm³/mol. The van der Waals surface area contributed by atoms with Gasteiger partial charge in [-0.25, -0.2) is 15.0 Å². The van der Waals surface area contributed by atoms with E-state index in [9.17, 15) is 9.59 Å². The van der Waals surface area contributed by atoms with Crippen LogP contribution in [0.2, 0.25) is 0 Å². The highest BCUT2D eigenvalue weighted by molar-refractivity contribution is 6.08. The molecule has 4 N–H and O–H groups in total. The molecule has 4 aromatic rings. The number of carbonyl (C=O) groups excluding carboxylic acids is 2. The SMILES string of the molecule is C=C1c2c(-c3ccc(C(=O)Nc4ccccn4)cc3)c3c(N)ncnc3n2C[C@H]1NC(=O)C#CC. The number of benzene rings is 1. The minimum atomic E-state index is -0.368. The van der Waals surface area contributed by atoms with Crippen molar-refractivity contribution in [3.05, 3.63) is 72.8 Å². The third-order valence-corrected chi connectivity index (χ3v) is 5.85. The van der Waals surface area contributed by atoms with Crippen LogP contribution >= 0.6 is 0 Å². The van der Waals surface area contributed by atoms with E-state index in [-0.39, 0.29) is 17.9 Å². The van der Waals surface area contributed by atoms with Crippen molar-refractivity contribution in [2.75, 3.05) is 11.1 Å². The van der Waals surface area contributed by atoms with Crippen molar-refractivity contribution in [2.24, 2.45) is 0 Å². The number of nitrogens with zero attached hydrogens (tertiary/aromatic N) is 4. The Bertz CT molecular complexity index is 1540. The molecule has 0 unspecified atom stereocenters. The fourth-order valence-corrected chi connectivity index (χ4v) is 4.30. The Morgan fingerprint density at radius 1 is 1.14 bits per heavy atom. The molecule has 4 heterocycles. The van der Waals surface area contributed by atoms with Gasteiger partial charge in [-0.3, -0.25) is 9.59 Å². The van der Waals surface area contributed by atoms with Crippen LogP contribution in [0.15, 0.2) is 61.6 Å². The van der Waals surface area contributed by atoms with Gasteiger partial charge in [0, 0.05) is 23.9 Å². The molecule has 0 bridgehead atoms. The number of anilines is 2. The lowest BCUT2D eigenvalue weighted by molar-refractivity contribution is -0.116. The number of nitrogens with one attached hydrogen (secondary N) is 2. The molecule has 0 spiro atoms. The molecule has 0 aliphatic carbocycles. The van der Waals surface area contributed by atoms with E-state index in [1.54, 1.807) is 43.5 Å². The normalized spacial score (nSPS) is 14.2. The molecule has 1 aliphatic rings. The van der Waals surface area contributed by atoms with Gasteiger partial charge in [0.05, 0.1) is 17.1 Å². The molecule has 0 radical (unpaired) electrons. The van der Waals surface area contributed by atoms with Crippen LogP contribution in [0.5, 0.6) is 0 Å². The minimum absolute atomic E-state index is 0.269. The number of rotatable bonds is 4. The molecule has 9 heteroatoms. The van der Waals surface area contributed by atoms with E-state index in [1.165, 1.54) is 6.33 Å². The summed E-state index contributed by atoms with van der Waals surface area (Å²) < 4.78 is 1.98. The fraction of sp³-hybridized carbons (Fsp3) is 0.115. The van der Waals surface area contributed by atoms with E-state index in [0.29, 0.717) is 34.8 Å². The molecule has 1 aromatic carbocycles. The summed E-state index contributed by atoms with van der Waals surface area (Å²) in [5.41, 5.74) is 10.6. The summed E-state index contributed by atoms with van der Waals surface area (Å²) >= 11 is 0. The predicted octanol–water partition coefficient (Wildman–Crippen LogP) is 2.86. The molecule has 9 nitrogen and oxygen atoms in total. The van der Waals surface area contributed by atoms with Gasteiger partial charge in [0.1, 0.15) is 23.6 Å². The van der Waals surface area contributed by atoms with Gasteiger partial charge in [-0.1, -0.05) is 30.7 Å². The van der Waals surface area contributed by atoms with Crippen LogP contribution in [-0.2, 0) is 11.3 Å². The molecule has 1 atom stereocenters. The van der Waals surface area contributed by atoms with Crippen molar-refractivity contribution in [3.63, 3.8) is 0 Å². The minimum Gasteiger partial charge on any atom is -0.383 e. The Kier molecular flexibility index (Phi) is 5.47. The molecule has 1 aliphatic heterocycles. The van der Waals surface area contributed by atoms with Crippen LogP contribution < -0.4 is 16.4 Å². The van der Waals surface area contributed by atoms with E-state index < -0.39 is 0 Å². The summed E-state index contributed by atoms with van der Waals surface area (Å²) in [4.78, 5) is 37.5. The first kappa shape index (κ1) is 21.9. The summed E-state index contributed by atoms with van der Waals surface area (Å²) in [6.45, 7) is 6.31. The Morgan fingerprint density at radius 3 is 2.66 bits per heavy atom. The first-order valence-electron chi connectivity index (χ1n) is 10.9. The fourth-order valence-electron chi connectivity index (χ4n) is 4.30. The maximum absolute atomic E-state index is 12.7. The van der Waals surface area contributed by atoms with E-state index >= 15 is 0 Å². The van der Waals surface area contributed by atoms with Gasteiger partial charge in [-0.05, 0) is 48.2 Å². The van der Waals surface area contributed by atoms with Crippen LogP contribution in [0, 0.1) is 11.8 Å². The summed E-state index contributed by atoms with van der Waals surface area (Å²) in [6.07, 6.45) is 3.03. The Hall–Kier alpha value is -4.97. The van der Waals surface area contributed by atoms with Gasteiger partial charge >= 0.3 is 0 Å². The van der Waals surface area contributed by atoms with Crippen molar-refractivity contribution >= 4 is 40.1 Å². The number of amides is 2. The van der Waals surface area contributed by atoms with Crippen LogP contribution in [-0.4, -0.2) is 37.4 Å². The number of pyridine rings is 1. The average Bonchev–Trinajstić information content (AvgIpc) is 3.35. The van der Waals surface area contributed by atoms with Crippen molar-refractivity contribution in [3.8, 4) is 23.0 Å². The zero-order chi connectivity index (χ0) is 24.5. The van der Waals surface area contributed by atoms with E-state index in [1.807, 2.05) is 16.7 Å². The highest BCUT2D eigenvalue weighted by Crippen LogP contribution is 2.43. The van der Waals surface area contributed by atoms with Crippen molar-refractivity contribution in [2.45, 2.75) is 19.5 Å². The number of aromatic nitrogens is 4. The second-order valence-electron chi connectivity index (χ2n) is 7.96. The molecule has 0 saturated heterocycles. The van der Waals surface area contributed by atoms with Gasteiger partial charge in [0.2, 0.25) is 0 Å². The number of hydrogen-bond acceptors (Lipinski definition) is 6. The maximum atomic E-state index is 12.7. The van der Waals surface area contributed by atoms with E-state index in [4.69, 9.17) is 5.73 Å². The summed E-state index contributed by atoms with van der Waals surface area (Å²) in [5.74, 6) is 5.28. The van der Waals surface area contributed by atoms with E-state index in [0.717, 1.165) is 22.4 Å². The summed E-state index contributed by atoms with van der Waals surface area (Å²) in [5, 5.41) is 6.38. The summed E-state index contributed by atoms with van der Waals surface area (Å²) in [6, 6.07) is 12.1. The molecule has 5 rings (SSSR count). The second kappa shape index (κ2) is 8.76. The lowest BCUT2D eigenvalue weighted by Gasteiger charge is -2.13. The average molecular weight is 464 g/mol. The molecular formula is C26H21N7O2. The van der Waals surface area contributed by atoms with Gasteiger partial charge in [0.25, 0.3) is 11.8 Å². The molecule has 35 heavy (non-hydrogen) atoms. The van der Waals surface area contributed by atoms with Crippen molar-refractivity contribution in [1.82, 2.24) is 24.8 Å². The third-order valence-electron chi connectivity index (χ3n) is 5.85. The quantitative estimate of drug-likeness (QED) is 0.399. The number of nitrogen functional groups attached to an aromatic ring is 1. The number of nitrogens with two attached hydrogens (primary N) is 1. The molecule has 0 fully saturated rings. The van der Waals surface area contributed by atoms with Gasteiger partial charge < -0.3 is 20.9 Å². The van der Waals surface area contributed by atoms with Crippen LogP contribution in [0.25, 0.3) is 27.7 Å². The highest BCUT2D eigenvalue weighted by Gasteiger charge is 2.34. The second-order valence-corrected chi connectivity index (χ2v) is 7.96. The van der Waals surface area contributed by atoms with Crippen LogP contribution in [0.3, 0.4) is 0 Å². The Labute approximate surface area is 201 Å². The number of hydrogen-bond donors (Lipinski definition) is 3. The Balaban J connectivity index is 1.53. The van der Waals surface area contributed by atoms with Crippen LogP contribution in [0.1, 0.15) is 23.0 Å². The lowest BCUT2D eigenvalue weighted by Crippen LogP contribution is -2.34. The zero-order valence-corrected chi connectivity index (χ0v) is 18.9. The van der Waals surface area contributed by atoms with Gasteiger partial charge in [0.15, 0.2) is 0 Å². The highest BCUT2D eigenvalue weighted by atomic mass is 16.2. The van der Waals surface area contributed by atoms with Crippen molar-refractivity contribution in [1.29, 1.82) is 0 Å². The zero-order valence-electron chi connectivity index (χ0n) is 18.9. The van der Waals surface area contributed by atoms with Crippen molar-refractivity contribution < 1.29 is 9.59 Å². The number of fused-ring (bicyclic) bond motifs is 3. The van der Waals surface area contributed by atoms with E-state index in [2.05, 4.69) is 44.0 Å².